The van der Waals surface area contributed by atoms with Gasteiger partial charge in [-0.2, -0.15) is 22.0 Å². The number of carbonyl (C=O) groups excluding carboxylic acids is 1. The maximum atomic E-state index is 12.6. The van der Waals surface area contributed by atoms with E-state index in [0.717, 1.165) is 12.1 Å². The van der Waals surface area contributed by atoms with Crippen LogP contribution < -0.4 is 10.6 Å². The van der Waals surface area contributed by atoms with Gasteiger partial charge in [-0.25, -0.2) is 0 Å². The van der Waals surface area contributed by atoms with E-state index < -0.39 is 23.4 Å². The van der Waals surface area contributed by atoms with Crippen molar-refractivity contribution in [3.63, 3.8) is 0 Å². The minimum atomic E-state index is -4.48. The van der Waals surface area contributed by atoms with Crippen LogP contribution in [0.5, 0.6) is 0 Å². The van der Waals surface area contributed by atoms with Crippen molar-refractivity contribution < 1.29 is 26.7 Å². The summed E-state index contributed by atoms with van der Waals surface area (Å²) >= 11 is 0.293. The second-order valence-corrected chi connectivity index (χ2v) is 5.89. The van der Waals surface area contributed by atoms with Gasteiger partial charge in [0.05, 0.1) is 17.8 Å². The van der Waals surface area contributed by atoms with Crippen LogP contribution in [-0.4, -0.2) is 18.2 Å². The first-order valence-corrected chi connectivity index (χ1v) is 7.88. The summed E-state index contributed by atoms with van der Waals surface area (Å²) in [4.78, 5) is 12.1. The fourth-order valence-electron chi connectivity index (χ4n) is 1.95. The van der Waals surface area contributed by atoms with Gasteiger partial charge < -0.3 is 10.6 Å². The lowest BCUT2D eigenvalue weighted by atomic mass is 10.2. The van der Waals surface area contributed by atoms with Gasteiger partial charge in [0.1, 0.15) is 0 Å². The molecule has 1 amide bonds. The summed E-state index contributed by atoms with van der Waals surface area (Å²) in [6.45, 7) is -0.311. The van der Waals surface area contributed by atoms with Crippen molar-refractivity contribution >= 4 is 29.0 Å². The summed E-state index contributed by atoms with van der Waals surface area (Å²) < 4.78 is 62.9. The molecule has 0 spiro atoms. The van der Waals surface area contributed by atoms with Crippen LogP contribution in [0.4, 0.5) is 33.3 Å². The van der Waals surface area contributed by atoms with E-state index >= 15 is 0 Å². The van der Waals surface area contributed by atoms with Crippen LogP contribution in [0.2, 0.25) is 0 Å². The molecule has 0 aliphatic carbocycles. The molecule has 9 heteroatoms. The van der Waals surface area contributed by atoms with Gasteiger partial charge in [-0.05, 0) is 30.3 Å². The van der Waals surface area contributed by atoms with Crippen molar-refractivity contribution in [2.75, 3.05) is 17.2 Å². The van der Waals surface area contributed by atoms with Crippen molar-refractivity contribution in [2.45, 2.75) is 16.8 Å². The molecule has 0 fully saturated rings. The number of anilines is 2. The first-order valence-electron chi connectivity index (χ1n) is 7.00. The molecule has 0 saturated heterocycles. The number of para-hydroxylation sites is 1. The predicted molar refractivity (Wildman–Crippen MR) is 86.9 cm³/mol. The Balaban J connectivity index is 1.98. The smallest absolute Gasteiger partial charge is 0.376 e. The highest BCUT2D eigenvalue weighted by Gasteiger charge is 2.30. The molecule has 0 unspecified atom stereocenters. The quantitative estimate of drug-likeness (QED) is 0.546. The number of thioether (sulfide) groups is 1. The summed E-state index contributed by atoms with van der Waals surface area (Å²) in [6, 6.07) is 10.4. The second kappa shape index (κ2) is 8.19. The highest BCUT2D eigenvalue weighted by atomic mass is 32.2. The zero-order chi connectivity index (χ0) is 18.4. The molecule has 2 rings (SSSR count). The molecule has 2 aromatic carbocycles. The van der Waals surface area contributed by atoms with Crippen molar-refractivity contribution in [3.05, 3.63) is 54.1 Å². The van der Waals surface area contributed by atoms with Crippen molar-refractivity contribution in [1.29, 1.82) is 0 Å². The summed E-state index contributed by atoms with van der Waals surface area (Å²) in [5.74, 6) is -3.21. The van der Waals surface area contributed by atoms with Gasteiger partial charge in [-0.1, -0.05) is 30.0 Å². The van der Waals surface area contributed by atoms with E-state index in [1.54, 1.807) is 12.1 Å². The number of benzene rings is 2. The Labute approximate surface area is 144 Å². The number of halogens is 5. The minimum absolute atomic E-state index is 0.125. The number of amides is 1. The van der Waals surface area contributed by atoms with E-state index in [-0.39, 0.29) is 22.8 Å². The molecule has 0 aliphatic rings. The monoisotopic (exact) mass is 376 g/mol. The minimum Gasteiger partial charge on any atom is -0.376 e. The zero-order valence-electron chi connectivity index (χ0n) is 12.6. The summed E-state index contributed by atoms with van der Waals surface area (Å²) in [6.07, 6.45) is -4.48. The molecule has 2 aromatic rings. The van der Waals surface area contributed by atoms with Crippen LogP contribution in [-0.2, 0) is 11.0 Å². The van der Waals surface area contributed by atoms with E-state index in [1.807, 2.05) is 0 Å². The van der Waals surface area contributed by atoms with Gasteiger partial charge in [0.15, 0.2) is 0 Å². The molecule has 134 valence electrons. The molecule has 0 heterocycles. The highest BCUT2D eigenvalue weighted by Crippen LogP contribution is 2.32. The Bertz CT molecular complexity index is 736. The molecular formula is C16H13F5N2OS. The Hall–Kier alpha value is -2.29. The summed E-state index contributed by atoms with van der Waals surface area (Å²) in [5.41, 5.74) is -0.500. The first-order chi connectivity index (χ1) is 11.8. The Morgan fingerprint density at radius 1 is 1.08 bits per heavy atom. The summed E-state index contributed by atoms with van der Waals surface area (Å²) in [5, 5.41) is 5.02. The topological polar surface area (TPSA) is 41.1 Å². The molecule has 0 bridgehead atoms. The third kappa shape index (κ3) is 5.93. The SMILES string of the molecule is O=C(CNc1cccc(C(F)(F)F)c1)Nc1ccccc1SC(F)F. The van der Waals surface area contributed by atoms with Crippen LogP contribution in [0.1, 0.15) is 5.56 Å². The average molecular weight is 376 g/mol. The van der Waals surface area contributed by atoms with Gasteiger partial charge >= 0.3 is 6.18 Å². The van der Waals surface area contributed by atoms with Crippen molar-refractivity contribution in [2.24, 2.45) is 0 Å². The largest absolute Gasteiger partial charge is 0.416 e. The van der Waals surface area contributed by atoms with E-state index in [2.05, 4.69) is 10.6 Å². The number of carbonyl (C=O) groups is 1. The fraction of sp³-hybridized carbons (Fsp3) is 0.188. The van der Waals surface area contributed by atoms with E-state index in [1.165, 1.54) is 24.3 Å². The average Bonchev–Trinajstić information content (AvgIpc) is 2.54. The number of hydrogen-bond acceptors (Lipinski definition) is 3. The lowest BCUT2D eigenvalue weighted by molar-refractivity contribution is -0.137. The van der Waals surface area contributed by atoms with Crippen LogP contribution in [0.15, 0.2) is 53.4 Å². The van der Waals surface area contributed by atoms with Crippen LogP contribution in [0.3, 0.4) is 0 Å². The van der Waals surface area contributed by atoms with Gasteiger partial charge in [-0.15, -0.1) is 0 Å². The van der Waals surface area contributed by atoms with Gasteiger partial charge in [0.2, 0.25) is 5.91 Å². The molecule has 2 N–H and O–H groups in total. The van der Waals surface area contributed by atoms with E-state index in [0.29, 0.717) is 11.8 Å². The Kier molecular flexibility index (Phi) is 6.24. The van der Waals surface area contributed by atoms with Crippen LogP contribution in [0.25, 0.3) is 0 Å². The normalized spacial score (nSPS) is 11.4. The summed E-state index contributed by atoms with van der Waals surface area (Å²) in [7, 11) is 0. The van der Waals surface area contributed by atoms with Gasteiger partial charge in [0, 0.05) is 10.6 Å². The maximum absolute atomic E-state index is 12.6. The third-order valence-corrected chi connectivity index (χ3v) is 3.81. The molecule has 0 aliphatic heterocycles. The highest BCUT2D eigenvalue weighted by molar-refractivity contribution is 7.99. The molecular weight excluding hydrogens is 363 g/mol. The van der Waals surface area contributed by atoms with Gasteiger partial charge in [0.25, 0.3) is 5.76 Å². The fourth-order valence-corrected chi connectivity index (χ4v) is 2.55. The predicted octanol–water partition coefficient (Wildman–Crippen LogP) is 5.07. The first kappa shape index (κ1) is 19.0. The van der Waals surface area contributed by atoms with E-state index in [4.69, 9.17) is 0 Å². The standard InChI is InChI=1S/C16H13F5N2OS/c17-15(18)25-13-7-2-1-6-12(13)23-14(24)9-22-11-5-3-4-10(8-11)16(19,20)21/h1-8,15,22H,9H2,(H,23,24). The third-order valence-electron chi connectivity index (χ3n) is 3.02. The lowest BCUT2D eigenvalue weighted by Gasteiger charge is -2.12. The molecule has 0 radical (unpaired) electrons. The van der Waals surface area contributed by atoms with Crippen LogP contribution >= 0.6 is 11.8 Å². The lowest BCUT2D eigenvalue weighted by Crippen LogP contribution is -2.22. The molecule has 0 atom stereocenters. The molecule has 3 nitrogen and oxygen atoms in total. The number of hydrogen-bond donors (Lipinski definition) is 2. The molecule has 0 aromatic heterocycles. The van der Waals surface area contributed by atoms with E-state index in [9.17, 15) is 26.7 Å². The zero-order valence-corrected chi connectivity index (χ0v) is 13.4. The molecule has 25 heavy (non-hydrogen) atoms. The maximum Gasteiger partial charge on any atom is 0.416 e. The van der Waals surface area contributed by atoms with Gasteiger partial charge in [-0.3, -0.25) is 4.79 Å². The molecule has 0 saturated carbocycles. The number of nitrogens with one attached hydrogen (secondary N) is 2. The van der Waals surface area contributed by atoms with Crippen LogP contribution in [0, 0.1) is 0 Å². The van der Waals surface area contributed by atoms with Crippen molar-refractivity contribution in [3.8, 4) is 0 Å². The Morgan fingerprint density at radius 3 is 2.48 bits per heavy atom. The Morgan fingerprint density at radius 2 is 1.80 bits per heavy atom. The van der Waals surface area contributed by atoms with Crippen molar-refractivity contribution in [1.82, 2.24) is 0 Å². The second-order valence-electron chi connectivity index (χ2n) is 4.85. The number of alkyl halides is 5. The number of rotatable bonds is 6.